The third-order valence-electron chi connectivity index (χ3n) is 3.17. The number of anilines is 1. The van der Waals surface area contributed by atoms with Crippen molar-refractivity contribution < 1.29 is 17.9 Å². The molecule has 3 aromatic rings. The van der Waals surface area contributed by atoms with Gasteiger partial charge in [0.2, 0.25) is 10.0 Å². The van der Waals surface area contributed by atoms with Gasteiger partial charge in [0, 0.05) is 10.8 Å². The van der Waals surface area contributed by atoms with Crippen molar-refractivity contribution in [2.24, 2.45) is 0 Å². The van der Waals surface area contributed by atoms with Crippen molar-refractivity contribution >= 4 is 38.1 Å². The largest absolute Gasteiger partial charge is 0.484 e. The molecule has 1 amide bonds. The van der Waals surface area contributed by atoms with Crippen LogP contribution in [0.1, 0.15) is 0 Å². The molecule has 3 rings (SSSR count). The Labute approximate surface area is 154 Å². The molecule has 0 aliphatic carbocycles. The molecule has 26 heavy (non-hydrogen) atoms. The van der Waals surface area contributed by atoms with E-state index in [0.29, 0.717) is 11.4 Å². The van der Waals surface area contributed by atoms with Gasteiger partial charge >= 0.3 is 0 Å². The minimum Gasteiger partial charge on any atom is -0.484 e. The summed E-state index contributed by atoms with van der Waals surface area (Å²) < 4.78 is 33.4. The van der Waals surface area contributed by atoms with Crippen LogP contribution in [0.15, 0.2) is 71.1 Å². The van der Waals surface area contributed by atoms with Crippen molar-refractivity contribution in [3.63, 3.8) is 0 Å². The fraction of sp³-hybridized carbons (Fsp3) is 0.0588. The second kappa shape index (κ2) is 7.98. The van der Waals surface area contributed by atoms with Crippen molar-refractivity contribution in [1.82, 2.24) is 4.98 Å². The number of hydrogen-bond donors (Lipinski definition) is 1. The molecule has 0 aliphatic heterocycles. The predicted octanol–water partition coefficient (Wildman–Crippen LogP) is 3.55. The molecular formula is C17H14N3O4S2-. The van der Waals surface area contributed by atoms with E-state index in [9.17, 15) is 13.2 Å². The lowest BCUT2D eigenvalue weighted by Gasteiger charge is -2.12. The normalized spacial score (nSPS) is 10.9. The van der Waals surface area contributed by atoms with Crippen molar-refractivity contribution in [1.29, 1.82) is 0 Å². The molecule has 7 nitrogen and oxygen atoms in total. The molecule has 0 fully saturated rings. The fourth-order valence-corrected chi connectivity index (χ4v) is 3.66. The summed E-state index contributed by atoms with van der Waals surface area (Å²) in [5.41, 5.74) is 0.458. The second-order valence-corrected chi connectivity index (χ2v) is 7.53. The number of sulfonamides is 1. The minimum atomic E-state index is -3.84. The fourth-order valence-electron chi connectivity index (χ4n) is 1.99. The Morgan fingerprint density at radius 3 is 2.50 bits per heavy atom. The van der Waals surface area contributed by atoms with Gasteiger partial charge < -0.3 is 19.8 Å². The van der Waals surface area contributed by atoms with Gasteiger partial charge in [-0.05, 0) is 41.8 Å². The second-order valence-electron chi connectivity index (χ2n) is 5.06. The maximum absolute atomic E-state index is 12.2. The number of aromatic nitrogens is 1. The van der Waals surface area contributed by atoms with E-state index in [1.165, 1.54) is 30.5 Å². The van der Waals surface area contributed by atoms with E-state index in [1.807, 2.05) is 18.2 Å². The Morgan fingerprint density at radius 2 is 1.85 bits per heavy atom. The lowest BCUT2D eigenvalue weighted by Crippen LogP contribution is -2.20. The van der Waals surface area contributed by atoms with Gasteiger partial charge in [-0.15, -0.1) is 0 Å². The van der Waals surface area contributed by atoms with Crippen LogP contribution in [0.2, 0.25) is 0 Å². The van der Waals surface area contributed by atoms with E-state index in [1.54, 1.807) is 17.5 Å². The van der Waals surface area contributed by atoms with Crippen LogP contribution in [0.3, 0.4) is 0 Å². The van der Waals surface area contributed by atoms with Gasteiger partial charge in [-0.25, -0.2) is 8.42 Å². The van der Waals surface area contributed by atoms with E-state index < -0.39 is 10.0 Å². The van der Waals surface area contributed by atoms with Crippen molar-refractivity contribution in [3.8, 4) is 5.75 Å². The zero-order chi connectivity index (χ0) is 18.4. The van der Waals surface area contributed by atoms with Crippen LogP contribution in [-0.4, -0.2) is 25.9 Å². The molecule has 0 aliphatic rings. The molecule has 1 aromatic heterocycles. The summed E-state index contributed by atoms with van der Waals surface area (Å²) in [4.78, 5) is 15.8. The van der Waals surface area contributed by atoms with Crippen LogP contribution < -0.4 is 10.1 Å². The molecule has 0 spiro atoms. The molecule has 2 aromatic carbocycles. The SMILES string of the molecule is O=C(COc1ccccc1)Nc1ccc(S(=O)(=O)[N-]c2nccs2)cc1. The number of benzene rings is 2. The average Bonchev–Trinajstić information content (AvgIpc) is 3.14. The maximum Gasteiger partial charge on any atom is 0.262 e. The average molecular weight is 388 g/mol. The van der Waals surface area contributed by atoms with Gasteiger partial charge in [-0.3, -0.25) is 4.79 Å². The number of amides is 1. The molecule has 0 bridgehead atoms. The predicted molar refractivity (Wildman–Crippen MR) is 99.3 cm³/mol. The number of hydrogen-bond acceptors (Lipinski definition) is 6. The number of nitrogens with one attached hydrogen (secondary N) is 1. The first-order valence-corrected chi connectivity index (χ1v) is 9.80. The van der Waals surface area contributed by atoms with E-state index >= 15 is 0 Å². The zero-order valence-electron chi connectivity index (χ0n) is 13.4. The standard InChI is InChI=1S/C17H15N3O4S2/c21-16(12-24-14-4-2-1-3-5-14)19-13-6-8-15(9-7-13)26(22,23)20-17-18-10-11-25-17/h1-11H,12H2,(H2,18,19,20,21)/p-1. The number of ether oxygens (including phenoxy) is 1. The summed E-state index contributed by atoms with van der Waals surface area (Å²) in [6.07, 6.45) is 1.48. The van der Waals surface area contributed by atoms with Crippen LogP contribution in [0.5, 0.6) is 5.75 Å². The molecule has 0 saturated carbocycles. The summed E-state index contributed by atoms with van der Waals surface area (Å²) in [5, 5.41) is 4.45. The molecule has 0 radical (unpaired) electrons. The van der Waals surface area contributed by atoms with Crippen LogP contribution in [0, 0.1) is 0 Å². The third-order valence-corrected chi connectivity index (χ3v) is 5.23. The first-order valence-electron chi connectivity index (χ1n) is 7.48. The number of nitrogens with zero attached hydrogens (tertiary/aromatic N) is 2. The number of rotatable bonds is 7. The van der Waals surface area contributed by atoms with E-state index in [4.69, 9.17) is 4.74 Å². The van der Waals surface area contributed by atoms with Gasteiger partial charge in [-0.2, -0.15) is 11.3 Å². The summed E-state index contributed by atoms with van der Waals surface area (Å²) in [5.74, 6) is 0.241. The monoisotopic (exact) mass is 388 g/mol. The highest BCUT2D eigenvalue weighted by atomic mass is 32.2. The van der Waals surface area contributed by atoms with Crippen LogP contribution in [0.4, 0.5) is 10.8 Å². The van der Waals surface area contributed by atoms with Gasteiger partial charge in [-0.1, -0.05) is 24.4 Å². The zero-order valence-corrected chi connectivity index (χ0v) is 15.0. The summed E-state index contributed by atoms with van der Waals surface area (Å²) in [6.45, 7) is -0.149. The highest BCUT2D eigenvalue weighted by Gasteiger charge is 2.11. The Balaban J connectivity index is 1.58. The van der Waals surface area contributed by atoms with Gasteiger partial charge in [0.15, 0.2) is 6.61 Å². The molecule has 134 valence electrons. The molecule has 0 saturated heterocycles. The Morgan fingerprint density at radius 1 is 1.12 bits per heavy atom. The molecule has 0 atom stereocenters. The lowest BCUT2D eigenvalue weighted by molar-refractivity contribution is -0.118. The third kappa shape index (κ3) is 4.80. The summed E-state index contributed by atoms with van der Waals surface area (Å²) in [6, 6.07) is 14.7. The van der Waals surface area contributed by atoms with Crippen molar-refractivity contribution in [3.05, 3.63) is 70.9 Å². The molecule has 0 unspecified atom stereocenters. The van der Waals surface area contributed by atoms with Gasteiger partial charge in [0.25, 0.3) is 5.91 Å². The maximum atomic E-state index is 12.2. The van der Waals surface area contributed by atoms with Crippen LogP contribution in [-0.2, 0) is 14.8 Å². The van der Waals surface area contributed by atoms with E-state index in [0.717, 1.165) is 11.3 Å². The smallest absolute Gasteiger partial charge is 0.262 e. The number of carbonyl (C=O) groups is 1. The first kappa shape index (κ1) is 17.9. The highest BCUT2D eigenvalue weighted by molar-refractivity contribution is 7.94. The number of carbonyl (C=O) groups excluding carboxylic acids is 1. The Hall–Kier alpha value is -2.91. The molecule has 1 heterocycles. The van der Waals surface area contributed by atoms with Gasteiger partial charge in [0.05, 0.1) is 4.90 Å². The highest BCUT2D eigenvalue weighted by Crippen LogP contribution is 2.29. The van der Waals surface area contributed by atoms with Crippen LogP contribution >= 0.6 is 11.3 Å². The van der Waals surface area contributed by atoms with Crippen LogP contribution in [0.25, 0.3) is 4.72 Å². The number of thiazole rings is 1. The molecular weight excluding hydrogens is 374 g/mol. The molecule has 1 N–H and O–H groups in total. The number of para-hydroxylation sites is 1. The first-order chi connectivity index (χ1) is 12.5. The summed E-state index contributed by atoms with van der Waals surface area (Å²) >= 11 is 1.13. The van der Waals surface area contributed by atoms with Crippen molar-refractivity contribution in [2.45, 2.75) is 4.90 Å². The quantitative estimate of drug-likeness (QED) is 0.667. The topological polar surface area (TPSA) is 99.5 Å². The Kier molecular flexibility index (Phi) is 5.49. The minimum absolute atomic E-state index is 0.0197. The lowest BCUT2D eigenvalue weighted by atomic mass is 10.3. The summed E-state index contributed by atoms with van der Waals surface area (Å²) in [7, 11) is -3.84. The molecule has 9 heteroatoms. The Bertz CT molecular complexity index is 957. The van der Waals surface area contributed by atoms with Gasteiger partial charge in [0.1, 0.15) is 5.75 Å². The van der Waals surface area contributed by atoms with Crippen molar-refractivity contribution in [2.75, 3.05) is 11.9 Å². The van der Waals surface area contributed by atoms with E-state index in [2.05, 4.69) is 15.0 Å². The van der Waals surface area contributed by atoms with E-state index in [-0.39, 0.29) is 22.5 Å².